The lowest BCUT2D eigenvalue weighted by atomic mass is 10.1. The van der Waals surface area contributed by atoms with Crippen LogP contribution in [0.3, 0.4) is 0 Å². The molecule has 4 rings (SSSR count). The van der Waals surface area contributed by atoms with Crippen LogP contribution >= 0.6 is 0 Å². The number of benzene rings is 2. The fraction of sp³-hybridized carbons (Fsp3) is 0.208. The van der Waals surface area contributed by atoms with Gasteiger partial charge in [0.25, 0.3) is 0 Å². The number of carbonyl (C=O) groups is 1. The third-order valence-corrected chi connectivity index (χ3v) is 4.98. The van der Waals surface area contributed by atoms with E-state index in [0.717, 1.165) is 28.5 Å². The summed E-state index contributed by atoms with van der Waals surface area (Å²) in [6.45, 7) is 4.19. The predicted octanol–water partition coefficient (Wildman–Crippen LogP) is 4.39. The van der Waals surface area contributed by atoms with Crippen LogP contribution in [0.1, 0.15) is 39.0 Å². The van der Waals surface area contributed by atoms with Crippen LogP contribution < -0.4 is 4.74 Å². The minimum atomic E-state index is -0.997. The van der Waals surface area contributed by atoms with E-state index in [0.29, 0.717) is 31.0 Å². The first kappa shape index (κ1) is 20.4. The number of para-hydroxylation sites is 1. The van der Waals surface area contributed by atoms with E-state index in [9.17, 15) is 9.90 Å². The van der Waals surface area contributed by atoms with Crippen molar-refractivity contribution >= 4 is 5.97 Å². The fourth-order valence-corrected chi connectivity index (χ4v) is 3.52. The van der Waals surface area contributed by atoms with Gasteiger partial charge < -0.3 is 14.3 Å². The third kappa shape index (κ3) is 4.66. The first-order valence-corrected chi connectivity index (χ1v) is 10.0. The van der Waals surface area contributed by atoms with Gasteiger partial charge in [-0.2, -0.15) is 5.10 Å². The normalized spacial score (nSPS) is 10.9. The van der Waals surface area contributed by atoms with Crippen LogP contribution in [-0.4, -0.2) is 32.4 Å². The number of hydrogen-bond acceptors (Lipinski definition) is 5. The highest BCUT2D eigenvalue weighted by Crippen LogP contribution is 2.22. The van der Waals surface area contributed by atoms with E-state index in [1.807, 2.05) is 68.4 Å². The Labute approximate surface area is 179 Å². The van der Waals surface area contributed by atoms with E-state index in [2.05, 4.69) is 10.1 Å². The molecule has 2 aromatic carbocycles. The third-order valence-electron chi connectivity index (χ3n) is 4.98. The Bertz CT molecular complexity index is 1190. The van der Waals surface area contributed by atoms with Gasteiger partial charge in [-0.05, 0) is 36.8 Å². The van der Waals surface area contributed by atoms with E-state index in [-0.39, 0.29) is 5.56 Å². The summed E-state index contributed by atoms with van der Waals surface area (Å²) >= 11 is 0. The molecule has 0 aliphatic heterocycles. The molecule has 0 bridgehead atoms. The molecule has 0 spiro atoms. The molecule has 2 aromatic heterocycles. The lowest BCUT2D eigenvalue weighted by molar-refractivity contribution is 0.0696. The number of aromatic nitrogens is 3. The monoisotopic (exact) mass is 417 g/mol. The second-order valence-corrected chi connectivity index (χ2v) is 7.22. The number of aryl methyl sites for hydroxylation is 2. The van der Waals surface area contributed by atoms with Gasteiger partial charge in [-0.25, -0.2) is 14.5 Å². The summed E-state index contributed by atoms with van der Waals surface area (Å²) in [5, 5.41) is 13.9. The van der Waals surface area contributed by atoms with Crippen molar-refractivity contribution in [3.63, 3.8) is 0 Å². The average molecular weight is 417 g/mol. The molecule has 0 aliphatic carbocycles. The van der Waals surface area contributed by atoms with E-state index >= 15 is 0 Å². The smallest absolute Gasteiger partial charge is 0.339 e. The van der Waals surface area contributed by atoms with Gasteiger partial charge in [0.15, 0.2) is 5.89 Å². The molecule has 4 aromatic rings. The van der Waals surface area contributed by atoms with Crippen LogP contribution in [-0.2, 0) is 12.8 Å². The Morgan fingerprint density at radius 2 is 1.94 bits per heavy atom. The molecule has 1 N–H and O–H groups in total. The Balaban J connectivity index is 1.52. The molecule has 31 heavy (non-hydrogen) atoms. The number of nitrogens with zero attached hydrogens (tertiary/aromatic N) is 3. The number of aromatic carboxylic acids is 1. The van der Waals surface area contributed by atoms with E-state index in [1.54, 1.807) is 4.68 Å². The van der Waals surface area contributed by atoms with Crippen molar-refractivity contribution in [3.05, 3.63) is 95.0 Å². The lowest BCUT2D eigenvalue weighted by Crippen LogP contribution is -2.08. The van der Waals surface area contributed by atoms with Gasteiger partial charge in [0, 0.05) is 19.8 Å². The number of hydrogen-bond donors (Lipinski definition) is 1. The summed E-state index contributed by atoms with van der Waals surface area (Å²) in [4.78, 5) is 16.1. The number of rotatable bonds is 8. The highest BCUT2D eigenvalue weighted by atomic mass is 16.5. The van der Waals surface area contributed by atoms with Crippen molar-refractivity contribution in [2.75, 3.05) is 6.61 Å². The van der Waals surface area contributed by atoms with Crippen LogP contribution in [0.4, 0.5) is 0 Å². The van der Waals surface area contributed by atoms with Gasteiger partial charge in [-0.3, -0.25) is 0 Å². The minimum absolute atomic E-state index is 0.187. The zero-order valence-electron chi connectivity index (χ0n) is 17.4. The Hall–Kier alpha value is -3.87. The van der Waals surface area contributed by atoms with E-state index in [4.69, 9.17) is 9.15 Å². The first-order valence-electron chi connectivity index (χ1n) is 10.0. The van der Waals surface area contributed by atoms with Crippen molar-refractivity contribution in [2.45, 2.75) is 26.7 Å². The Kier molecular flexibility index (Phi) is 5.84. The molecule has 2 heterocycles. The molecule has 0 unspecified atom stereocenters. The zero-order chi connectivity index (χ0) is 21.8. The molecular weight excluding hydrogens is 394 g/mol. The number of oxazole rings is 1. The summed E-state index contributed by atoms with van der Waals surface area (Å²) in [6, 6.07) is 17.2. The lowest BCUT2D eigenvalue weighted by Gasteiger charge is -2.11. The van der Waals surface area contributed by atoms with Gasteiger partial charge in [-0.1, -0.05) is 30.3 Å². The number of carboxylic acid groups (broad SMARTS) is 1. The molecular formula is C24H23N3O4. The van der Waals surface area contributed by atoms with Crippen molar-refractivity contribution in [1.82, 2.24) is 14.8 Å². The second kappa shape index (κ2) is 8.87. The molecule has 0 fully saturated rings. The average Bonchev–Trinajstić information content (AvgIpc) is 3.31. The largest absolute Gasteiger partial charge is 0.493 e. The van der Waals surface area contributed by atoms with Crippen LogP contribution in [0.2, 0.25) is 0 Å². The minimum Gasteiger partial charge on any atom is -0.493 e. The summed E-state index contributed by atoms with van der Waals surface area (Å²) in [7, 11) is 0. The van der Waals surface area contributed by atoms with Crippen LogP contribution in [0.5, 0.6) is 5.75 Å². The standard InChI is InChI=1S/C24H23N3O4/c1-16-22(26-17(2)31-16)11-12-30-20-10-6-7-18(13-20)14-23-21(24(28)29)15-25-27(23)19-8-4-3-5-9-19/h3-10,13,15H,11-12,14H2,1-2H3,(H,28,29). The predicted molar refractivity (Wildman–Crippen MR) is 115 cm³/mol. The highest BCUT2D eigenvalue weighted by Gasteiger charge is 2.18. The molecule has 0 saturated heterocycles. The van der Waals surface area contributed by atoms with Gasteiger partial charge >= 0.3 is 5.97 Å². The quantitative estimate of drug-likeness (QED) is 0.457. The zero-order valence-corrected chi connectivity index (χ0v) is 17.4. The summed E-state index contributed by atoms with van der Waals surface area (Å²) in [5.74, 6) is 1.19. The topological polar surface area (TPSA) is 90.4 Å². The van der Waals surface area contributed by atoms with Crippen LogP contribution in [0.25, 0.3) is 5.69 Å². The summed E-state index contributed by atoms with van der Waals surface area (Å²) in [5.41, 5.74) is 3.45. The van der Waals surface area contributed by atoms with Crippen LogP contribution in [0, 0.1) is 13.8 Å². The molecule has 0 radical (unpaired) electrons. The molecule has 0 atom stereocenters. The number of carboxylic acids is 1. The van der Waals surface area contributed by atoms with Crippen LogP contribution in [0.15, 0.2) is 65.2 Å². The molecule has 0 saturated carbocycles. The molecule has 0 aliphatic rings. The molecule has 7 nitrogen and oxygen atoms in total. The van der Waals surface area contributed by atoms with Gasteiger partial charge in [0.05, 0.1) is 29.9 Å². The maximum Gasteiger partial charge on any atom is 0.339 e. The van der Waals surface area contributed by atoms with Gasteiger partial charge in [-0.15, -0.1) is 0 Å². The summed E-state index contributed by atoms with van der Waals surface area (Å²) < 4.78 is 13.0. The van der Waals surface area contributed by atoms with Gasteiger partial charge in [0.2, 0.25) is 0 Å². The second-order valence-electron chi connectivity index (χ2n) is 7.22. The van der Waals surface area contributed by atoms with E-state index < -0.39 is 5.97 Å². The SMILES string of the molecule is Cc1nc(CCOc2cccc(Cc3c(C(=O)O)cnn3-c3ccccc3)c2)c(C)o1. The molecule has 158 valence electrons. The maximum atomic E-state index is 11.7. The molecule has 0 amide bonds. The first-order chi connectivity index (χ1) is 15.0. The van der Waals surface area contributed by atoms with Gasteiger partial charge in [0.1, 0.15) is 17.1 Å². The fourth-order valence-electron chi connectivity index (χ4n) is 3.52. The molecule has 7 heteroatoms. The number of ether oxygens (including phenoxy) is 1. The van der Waals surface area contributed by atoms with Crippen molar-refractivity contribution in [1.29, 1.82) is 0 Å². The van der Waals surface area contributed by atoms with Crippen molar-refractivity contribution < 1.29 is 19.1 Å². The Morgan fingerprint density at radius 3 is 2.65 bits per heavy atom. The van der Waals surface area contributed by atoms with Crippen molar-refractivity contribution in [2.24, 2.45) is 0 Å². The maximum absolute atomic E-state index is 11.7. The summed E-state index contributed by atoms with van der Waals surface area (Å²) in [6.07, 6.45) is 2.46. The highest BCUT2D eigenvalue weighted by molar-refractivity contribution is 5.89. The Morgan fingerprint density at radius 1 is 1.13 bits per heavy atom. The van der Waals surface area contributed by atoms with Crippen molar-refractivity contribution in [3.8, 4) is 11.4 Å². The van der Waals surface area contributed by atoms with E-state index in [1.165, 1.54) is 6.20 Å².